The normalized spacial score (nSPS) is 12.8. The lowest BCUT2D eigenvalue weighted by atomic mass is 9.93. The Morgan fingerprint density at radius 2 is 0.962 bits per heavy atom. The van der Waals surface area contributed by atoms with Gasteiger partial charge < -0.3 is 0 Å². The summed E-state index contributed by atoms with van der Waals surface area (Å²) in [5, 5.41) is 6.68. The Kier molecular flexibility index (Phi) is 6.95. The number of rotatable bonds is 8. The van der Waals surface area contributed by atoms with Gasteiger partial charge in [-0.1, -0.05) is 90.2 Å². The molecule has 0 heterocycles. The van der Waals surface area contributed by atoms with Crippen molar-refractivity contribution in [2.45, 2.75) is 91.7 Å². The van der Waals surface area contributed by atoms with Crippen molar-refractivity contribution in [2.75, 3.05) is 0 Å². The van der Waals surface area contributed by atoms with Crippen molar-refractivity contribution in [1.82, 2.24) is 0 Å². The predicted molar refractivity (Wildman–Crippen MR) is 127 cm³/mol. The number of unbranched alkanes of at least 4 members (excludes halogenated alkanes) is 2. The van der Waals surface area contributed by atoms with Crippen LogP contribution in [0.25, 0.3) is 10.8 Å². The predicted octanol–water partition coefficient (Wildman–Crippen LogP) is 6.62. The van der Waals surface area contributed by atoms with Gasteiger partial charge in [0, 0.05) is 0 Å². The van der Waals surface area contributed by atoms with E-state index in [9.17, 15) is 0 Å². The van der Waals surface area contributed by atoms with E-state index in [1.165, 1.54) is 38.5 Å². The maximum absolute atomic E-state index is 2.54. The fourth-order valence-electron chi connectivity index (χ4n) is 4.52. The molecule has 2 aromatic rings. The molecule has 0 saturated carbocycles. The van der Waals surface area contributed by atoms with Crippen LogP contribution in [-0.4, -0.2) is 16.1 Å². The Bertz CT molecular complexity index is 681. The minimum atomic E-state index is -1.43. The van der Waals surface area contributed by atoms with Crippen LogP contribution in [0.5, 0.6) is 0 Å². The molecule has 0 N–H and O–H groups in total. The van der Waals surface area contributed by atoms with Crippen LogP contribution >= 0.6 is 0 Å². The summed E-state index contributed by atoms with van der Waals surface area (Å²) in [4.78, 5) is 0. The van der Waals surface area contributed by atoms with Gasteiger partial charge in [-0.05, 0) is 58.0 Å². The van der Waals surface area contributed by atoms with Crippen molar-refractivity contribution in [3.05, 3.63) is 35.4 Å². The van der Waals surface area contributed by atoms with Crippen molar-refractivity contribution >= 4 is 37.3 Å². The minimum absolute atomic E-state index is 1.28. The first-order valence-electron chi connectivity index (χ1n) is 10.7. The van der Waals surface area contributed by atoms with E-state index in [4.69, 9.17) is 0 Å². The molecule has 0 aliphatic carbocycles. The van der Waals surface area contributed by atoms with Gasteiger partial charge in [-0.15, -0.1) is 0 Å². The first-order chi connectivity index (χ1) is 12.1. The van der Waals surface area contributed by atoms with Crippen LogP contribution in [0.4, 0.5) is 0 Å². The Morgan fingerprint density at radius 1 is 0.615 bits per heavy atom. The molecule has 2 heteroatoms. The van der Waals surface area contributed by atoms with Gasteiger partial charge in [-0.2, -0.15) is 0 Å². The molecule has 0 aliphatic rings. The number of hydrogen-bond acceptors (Lipinski definition) is 0. The van der Waals surface area contributed by atoms with Gasteiger partial charge in [0.25, 0.3) is 0 Å². The van der Waals surface area contributed by atoms with Crippen LogP contribution in [0.15, 0.2) is 24.3 Å². The van der Waals surface area contributed by atoms with Crippen molar-refractivity contribution in [3.63, 3.8) is 0 Å². The Labute approximate surface area is 164 Å². The molecule has 0 saturated heterocycles. The Morgan fingerprint density at radius 3 is 1.23 bits per heavy atom. The summed E-state index contributed by atoms with van der Waals surface area (Å²) >= 11 is 0. The summed E-state index contributed by atoms with van der Waals surface area (Å²) < 4.78 is 0. The average molecular weight is 385 g/mol. The topological polar surface area (TPSA) is 0 Å². The van der Waals surface area contributed by atoms with Crippen LogP contribution in [0.3, 0.4) is 0 Å². The quantitative estimate of drug-likeness (QED) is 0.449. The first-order valence-corrected chi connectivity index (χ1v) is 17.7. The molecule has 0 fully saturated rings. The van der Waals surface area contributed by atoms with Gasteiger partial charge in [0.2, 0.25) is 0 Å². The van der Waals surface area contributed by atoms with Crippen molar-refractivity contribution in [2.24, 2.45) is 0 Å². The average Bonchev–Trinajstić information content (AvgIpc) is 2.54. The molecule has 2 aromatic carbocycles. The smallest absolute Gasteiger partial charge is 0.0656 e. The summed E-state index contributed by atoms with van der Waals surface area (Å²) in [7, 11) is -2.86. The van der Waals surface area contributed by atoms with Gasteiger partial charge in [0.1, 0.15) is 0 Å². The first kappa shape index (κ1) is 21.4. The molecule has 0 radical (unpaired) electrons. The van der Waals surface area contributed by atoms with E-state index < -0.39 is 16.1 Å². The molecule has 0 amide bonds. The second kappa shape index (κ2) is 8.43. The Hall–Kier alpha value is -0.866. The third-order valence-electron chi connectivity index (χ3n) is 5.49. The Balaban J connectivity index is 2.98. The third-order valence-corrected chi connectivity index (χ3v) is 9.64. The second-order valence-electron chi connectivity index (χ2n) is 9.96. The van der Waals surface area contributed by atoms with Crippen molar-refractivity contribution in [1.29, 1.82) is 0 Å². The molecular formula is C24H40Si2. The number of benzene rings is 2. The lowest BCUT2D eigenvalue weighted by Crippen LogP contribution is -2.48. The summed E-state index contributed by atoms with van der Waals surface area (Å²) in [6, 6.07) is 9.36. The lowest BCUT2D eigenvalue weighted by molar-refractivity contribution is 0.763. The van der Waals surface area contributed by atoms with Crippen LogP contribution < -0.4 is 10.4 Å². The molecule has 26 heavy (non-hydrogen) atoms. The van der Waals surface area contributed by atoms with E-state index in [1.807, 2.05) is 0 Å². The number of fused-ring (bicyclic) bond motifs is 1. The summed E-state index contributed by atoms with van der Waals surface area (Å²) in [6.45, 7) is 19.9. The van der Waals surface area contributed by atoms with E-state index in [0.717, 1.165) is 0 Å². The van der Waals surface area contributed by atoms with E-state index in [0.29, 0.717) is 0 Å². The summed E-state index contributed by atoms with van der Waals surface area (Å²) in [5.41, 5.74) is 3.52. The van der Waals surface area contributed by atoms with E-state index in [-0.39, 0.29) is 0 Å². The van der Waals surface area contributed by atoms with E-state index in [1.54, 1.807) is 32.3 Å². The number of hydrogen-bond donors (Lipinski definition) is 0. The molecule has 0 unspecified atom stereocenters. The molecule has 0 aromatic heterocycles. The van der Waals surface area contributed by atoms with Crippen molar-refractivity contribution in [3.8, 4) is 0 Å². The fraction of sp³-hybridized carbons (Fsp3) is 0.583. The van der Waals surface area contributed by atoms with Crippen LogP contribution in [0.1, 0.15) is 50.7 Å². The maximum atomic E-state index is 2.54. The van der Waals surface area contributed by atoms with Gasteiger partial charge in [-0.3, -0.25) is 0 Å². The molecular weight excluding hydrogens is 344 g/mol. The third kappa shape index (κ3) is 4.51. The molecule has 0 spiro atoms. The zero-order valence-corrected chi connectivity index (χ0v) is 20.6. The molecule has 0 bridgehead atoms. The SMILES string of the molecule is CCCCc1c(CCCC)c([Si](C)(C)C)c2ccccc2c1[Si](C)(C)C. The second-order valence-corrected chi connectivity index (χ2v) is 20.0. The summed E-state index contributed by atoms with van der Waals surface area (Å²) in [6.07, 6.45) is 7.76. The van der Waals surface area contributed by atoms with Gasteiger partial charge in [0.15, 0.2) is 0 Å². The van der Waals surface area contributed by atoms with Gasteiger partial charge in [-0.25, -0.2) is 0 Å². The lowest BCUT2D eigenvalue weighted by Gasteiger charge is -2.32. The highest BCUT2D eigenvalue weighted by molar-refractivity contribution is 6.93. The fourth-order valence-corrected chi connectivity index (χ4v) is 8.93. The molecule has 0 aliphatic heterocycles. The monoisotopic (exact) mass is 384 g/mol. The largest absolute Gasteiger partial charge is 0.0787 e. The standard InChI is InChI=1S/C24H40Si2/c1-9-11-15-19-20(16-12-10-2)24(26(6,7)8)22-18-14-13-17-21(22)23(19)25(3,4)5/h13-14,17-18H,9-12,15-16H2,1-8H3. The highest BCUT2D eigenvalue weighted by Gasteiger charge is 2.31. The van der Waals surface area contributed by atoms with Crippen molar-refractivity contribution < 1.29 is 0 Å². The highest BCUT2D eigenvalue weighted by atomic mass is 28.3. The maximum Gasteiger partial charge on any atom is 0.0787 e. The van der Waals surface area contributed by atoms with Gasteiger partial charge in [0.05, 0.1) is 16.1 Å². The highest BCUT2D eigenvalue weighted by Crippen LogP contribution is 2.26. The van der Waals surface area contributed by atoms with Crippen LogP contribution in [0.2, 0.25) is 39.3 Å². The molecule has 0 atom stereocenters. The minimum Gasteiger partial charge on any atom is -0.0656 e. The zero-order chi connectivity index (χ0) is 19.5. The zero-order valence-electron chi connectivity index (χ0n) is 18.6. The van der Waals surface area contributed by atoms with E-state index >= 15 is 0 Å². The van der Waals surface area contributed by atoms with Crippen LogP contribution in [-0.2, 0) is 12.8 Å². The molecule has 2 rings (SSSR count). The van der Waals surface area contributed by atoms with Gasteiger partial charge >= 0.3 is 0 Å². The van der Waals surface area contributed by atoms with E-state index in [2.05, 4.69) is 77.4 Å². The van der Waals surface area contributed by atoms with Crippen LogP contribution in [0, 0.1) is 0 Å². The molecule has 144 valence electrons. The molecule has 0 nitrogen and oxygen atoms in total. The summed E-state index contributed by atoms with van der Waals surface area (Å²) in [5.74, 6) is 0.